The number of anilines is 1. The number of halogens is 3. The lowest BCUT2D eigenvalue weighted by Crippen LogP contribution is -2.36. The van der Waals surface area contributed by atoms with Crippen molar-refractivity contribution < 1.29 is 35.8 Å². The van der Waals surface area contributed by atoms with E-state index < -0.39 is 33.5 Å². The van der Waals surface area contributed by atoms with Crippen molar-refractivity contribution >= 4 is 26.5 Å². The molecule has 2 aromatic carbocycles. The lowest BCUT2D eigenvalue weighted by molar-refractivity contribution is -0.593. The van der Waals surface area contributed by atoms with Crippen LogP contribution >= 0.6 is 11.3 Å². The van der Waals surface area contributed by atoms with Gasteiger partial charge >= 0.3 is 6.18 Å². The lowest BCUT2D eigenvalue weighted by atomic mass is 9.91. The van der Waals surface area contributed by atoms with Gasteiger partial charge in [-0.25, -0.2) is 13.4 Å². The number of pyridine rings is 1. The van der Waals surface area contributed by atoms with Gasteiger partial charge in [-0.2, -0.15) is 17.9 Å². The largest absolute Gasteiger partial charge is 0.618 e. The first-order valence-electron chi connectivity index (χ1n) is 11.6. The van der Waals surface area contributed by atoms with E-state index in [1.165, 1.54) is 42.7 Å². The Balaban J connectivity index is 1.54. The maximum Gasteiger partial charge on any atom is 0.416 e. The number of sulfonamides is 1. The number of ether oxygens (including phenoxy) is 2. The van der Waals surface area contributed by atoms with Crippen molar-refractivity contribution in [1.29, 1.82) is 0 Å². The molecule has 3 heterocycles. The molecule has 0 fully saturated rings. The summed E-state index contributed by atoms with van der Waals surface area (Å²) in [6, 6.07) is 11.7. The van der Waals surface area contributed by atoms with Gasteiger partial charge in [0.2, 0.25) is 5.69 Å². The molecule has 0 saturated heterocycles. The Morgan fingerprint density at radius 1 is 1.18 bits per heavy atom. The first-order valence-corrected chi connectivity index (χ1v) is 14.0. The van der Waals surface area contributed by atoms with Crippen LogP contribution in [0, 0.1) is 5.21 Å². The average Bonchev–Trinajstić information content (AvgIpc) is 3.35. The van der Waals surface area contributed by atoms with Crippen LogP contribution in [-0.2, 0) is 16.2 Å². The number of nitrogens with zero attached hydrogens (tertiary/aromatic N) is 2. The van der Waals surface area contributed by atoms with Crippen LogP contribution in [0.1, 0.15) is 37.5 Å². The quantitative estimate of drug-likeness (QED) is 0.225. The maximum atomic E-state index is 13.5. The number of alkyl halides is 3. The zero-order valence-electron chi connectivity index (χ0n) is 20.6. The predicted molar refractivity (Wildman–Crippen MR) is 138 cm³/mol. The Hall–Kier alpha value is -3.84. The van der Waals surface area contributed by atoms with Gasteiger partial charge < -0.3 is 14.7 Å². The van der Waals surface area contributed by atoms with E-state index in [4.69, 9.17) is 9.47 Å². The molecule has 5 rings (SSSR count). The number of aromatic nitrogens is 2. The second kappa shape index (κ2) is 9.72. The summed E-state index contributed by atoms with van der Waals surface area (Å²) in [5, 5.41) is 14.3. The topological polar surface area (TPSA) is 104 Å². The zero-order valence-corrected chi connectivity index (χ0v) is 22.2. The number of thiazole rings is 1. The number of nitrogens with one attached hydrogen (secondary N) is 1. The highest BCUT2D eigenvalue weighted by atomic mass is 32.2. The molecule has 1 N–H and O–H groups in total. The third-order valence-electron chi connectivity index (χ3n) is 6.04. The minimum atomic E-state index is -4.63. The number of benzene rings is 2. The van der Waals surface area contributed by atoms with E-state index in [-0.39, 0.29) is 32.8 Å². The molecular formula is C26H22F3N3O5S2. The SMILES string of the molecule is CC1(C)C[C@@H](Oc2ccc(C(F)(F)F)cc2-c2cccc[n+]2[O-])c2ccc(S(=O)(=O)Nc3nccs3)cc2O1. The van der Waals surface area contributed by atoms with Crippen molar-refractivity contribution in [2.45, 2.75) is 43.0 Å². The molecule has 0 bridgehead atoms. The fraction of sp³-hybridized carbons (Fsp3) is 0.231. The summed E-state index contributed by atoms with van der Waals surface area (Å²) in [5.74, 6) is 0.319. The first-order chi connectivity index (χ1) is 18.3. The van der Waals surface area contributed by atoms with Gasteiger partial charge in [0.05, 0.1) is 16.0 Å². The highest BCUT2D eigenvalue weighted by Gasteiger charge is 2.38. The number of rotatable bonds is 6. The fourth-order valence-corrected chi connectivity index (χ4v) is 6.09. The van der Waals surface area contributed by atoms with Crippen molar-refractivity contribution in [2.75, 3.05) is 4.72 Å². The molecule has 0 saturated carbocycles. The maximum absolute atomic E-state index is 13.5. The normalized spacial score (nSPS) is 16.7. The van der Waals surface area contributed by atoms with E-state index in [0.717, 1.165) is 23.5 Å². The lowest BCUT2D eigenvalue weighted by Gasteiger charge is -2.38. The Labute approximate surface area is 226 Å². The average molecular weight is 578 g/mol. The van der Waals surface area contributed by atoms with E-state index >= 15 is 0 Å². The van der Waals surface area contributed by atoms with Gasteiger partial charge in [-0.15, -0.1) is 11.3 Å². The molecule has 204 valence electrons. The molecular weight excluding hydrogens is 555 g/mol. The van der Waals surface area contributed by atoms with E-state index in [2.05, 4.69) is 9.71 Å². The minimum absolute atomic E-state index is 0.0140. The monoisotopic (exact) mass is 577 g/mol. The van der Waals surface area contributed by atoms with Crippen LogP contribution in [0.2, 0.25) is 0 Å². The van der Waals surface area contributed by atoms with Crippen molar-refractivity contribution in [3.05, 3.63) is 88.7 Å². The Morgan fingerprint density at radius 3 is 2.67 bits per heavy atom. The van der Waals surface area contributed by atoms with Gasteiger partial charge in [-0.3, -0.25) is 4.72 Å². The van der Waals surface area contributed by atoms with Gasteiger partial charge in [0, 0.05) is 41.8 Å². The third-order valence-corrected chi connectivity index (χ3v) is 8.19. The fourth-order valence-electron chi connectivity index (χ4n) is 4.28. The third kappa shape index (κ3) is 5.64. The number of hydrogen-bond donors (Lipinski definition) is 1. The minimum Gasteiger partial charge on any atom is -0.618 e. The Morgan fingerprint density at radius 2 is 1.97 bits per heavy atom. The second-order valence-corrected chi connectivity index (χ2v) is 12.0. The van der Waals surface area contributed by atoms with Gasteiger partial charge in [-0.05, 0) is 44.2 Å². The van der Waals surface area contributed by atoms with Gasteiger partial charge in [-0.1, -0.05) is 6.07 Å². The standard InChI is InChI=1S/C26H22F3N3O5S2/c1-25(2)15-23(18-8-7-17(14-22(18)37-25)39(34,35)31-24-30-10-12-38-24)36-21-9-6-16(26(27,28)29)13-19(21)20-5-3-4-11-32(20)33/h3-14,23H,15H2,1-2H3,(H,30,31)/t23-/m1/s1. The van der Waals surface area contributed by atoms with Crippen LogP contribution in [0.5, 0.6) is 11.5 Å². The molecule has 8 nitrogen and oxygen atoms in total. The second-order valence-electron chi connectivity index (χ2n) is 9.44. The molecule has 4 aromatic rings. The molecule has 2 aromatic heterocycles. The molecule has 1 atom stereocenters. The van der Waals surface area contributed by atoms with Gasteiger partial charge in [0.1, 0.15) is 23.2 Å². The van der Waals surface area contributed by atoms with Gasteiger partial charge in [0.15, 0.2) is 11.3 Å². The summed E-state index contributed by atoms with van der Waals surface area (Å²) < 4.78 is 81.6. The predicted octanol–water partition coefficient (Wildman–Crippen LogP) is 5.94. The molecule has 0 spiro atoms. The molecule has 0 unspecified atom stereocenters. The molecule has 39 heavy (non-hydrogen) atoms. The Kier molecular flexibility index (Phi) is 6.67. The number of hydrogen-bond acceptors (Lipinski definition) is 7. The molecule has 1 aliphatic heterocycles. The molecule has 0 radical (unpaired) electrons. The van der Waals surface area contributed by atoms with E-state index in [0.29, 0.717) is 16.7 Å². The molecule has 1 aliphatic rings. The highest BCUT2D eigenvalue weighted by Crippen LogP contribution is 2.45. The summed E-state index contributed by atoms with van der Waals surface area (Å²) in [4.78, 5) is 3.88. The van der Waals surface area contributed by atoms with Crippen molar-refractivity contribution in [3.63, 3.8) is 0 Å². The summed E-state index contributed by atoms with van der Waals surface area (Å²) >= 11 is 1.13. The van der Waals surface area contributed by atoms with E-state index in [1.54, 1.807) is 31.4 Å². The van der Waals surface area contributed by atoms with Crippen LogP contribution in [-0.4, -0.2) is 19.0 Å². The van der Waals surface area contributed by atoms with E-state index in [9.17, 15) is 26.8 Å². The summed E-state index contributed by atoms with van der Waals surface area (Å²) in [6.07, 6.45) is -2.38. The molecule has 0 amide bonds. The first kappa shape index (κ1) is 26.8. The molecule has 0 aliphatic carbocycles. The van der Waals surface area contributed by atoms with Crippen molar-refractivity contribution in [2.24, 2.45) is 0 Å². The van der Waals surface area contributed by atoms with Crippen molar-refractivity contribution in [3.8, 4) is 22.8 Å². The summed E-state index contributed by atoms with van der Waals surface area (Å²) in [5.41, 5.74) is -1.27. The van der Waals surface area contributed by atoms with Crippen LogP contribution in [0.4, 0.5) is 18.3 Å². The zero-order chi connectivity index (χ0) is 28.0. The Bertz CT molecular complexity index is 1620. The smallest absolute Gasteiger partial charge is 0.416 e. The summed E-state index contributed by atoms with van der Waals surface area (Å²) in [7, 11) is -3.96. The molecule has 13 heteroatoms. The summed E-state index contributed by atoms with van der Waals surface area (Å²) in [6.45, 7) is 3.58. The van der Waals surface area contributed by atoms with Crippen LogP contribution in [0.15, 0.2) is 77.3 Å². The van der Waals surface area contributed by atoms with Crippen molar-refractivity contribution in [1.82, 2.24) is 4.98 Å². The van der Waals surface area contributed by atoms with Gasteiger partial charge in [0.25, 0.3) is 10.0 Å². The highest BCUT2D eigenvalue weighted by molar-refractivity contribution is 7.93. The van der Waals surface area contributed by atoms with Crippen LogP contribution < -0.4 is 18.9 Å². The van der Waals surface area contributed by atoms with Crippen LogP contribution in [0.25, 0.3) is 11.3 Å². The number of fused-ring (bicyclic) bond motifs is 1. The van der Waals surface area contributed by atoms with E-state index in [1.807, 2.05) is 0 Å². The van der Waals surface area contributed by atoms with Crippen LogP contribution in [0.3, 0.4) is 0 Å².